The second kappa shape index (κ2) is 4.92. The van der Waals surface area contributed by atoms with E-state index in [0.717, 1.165) is 18.3 Å². The zero-order chi connectivity index (χ0) is 15.7. The van der Waals surface area contributed by atoms with E-state index in [4.69, 9.17) is 4.74 Å². The van der Waals surface area contributed by atoms with Gasteiger partial charge in [0.1, 0.15) is 17.0 Å². The molecule has 0 radical (unpaired) electrons. The Labute approximate surface area is 146 Å². The smallest absolute Gasteiger partial charge is 0.138 e. The van der Waals surface area contributed by atoms with Crippen molar-refractivity contribution >= 4 is 27.4 Å². The van der Waals surface area contributed by atoms with Gasteiger partial charge >= 0.3 is 0 Å². The summed E-state index contributed by atoms with van der Waals surface area (Å²) in [6.07, 6.45) is 11.9. The SMILES string of the molecule is c1nc(NC2CCCC34OCCC3CC24)c2c3c(sc2n1)CCC3. The first-order chi connectivity index (χ1) is 11.9. The van der Waals surface area contributed by atoms with E-state index in [-0.39, 0.29) is 5.60 Å². The maximum atomic E-state index is 6.29. The van der Waals surface area contributed by atoms with Gasteiger partial charge in [0.25, 0.3) is 0 Å². The van der Waals surface area contributed by atoms with Crippen LogP contribution in [0.25, 0.3) is 10.2 Å². The molecule has 0 aromatic carbocycles. The average molecular weight is 341 g/mol. The molecular formula is C19H23N3OS. The van der Waals surface area contributed by atoms with Crippen LogP contribution < -0.4 is 5.32 Å². The van der Waals surface area contributed by atoms with Crippen molar-refractivity contribution in [2.24, 2.45) is 11.8 Å². The highest BCUT2D eigenvalue weighted by molar-refractivity contribution is 7.19. The summed E-state index contributed by atoms with van der Waals surface area (Å²) in [7, 11) is 0. The molecule has 1 spiro atoms. The Morgan fingerprint density at radius 1 is 1.21 bits per heavy atom. The number of nitrogens with one attached hydrogen (secondary N) is 1. The van der Waals surface area contributed by atoms with E-state index >= 15 is 0 Å². The minimum absolute atomic E-state index is 0.207. The van der Waals surface area contributed by atoms with Gasteiger partial charge in [0, 0.05) is 23.4 Å². The van der Waals surface area contributed by atoms with E-state index in [1.54, 1.807) is 6.33 Å². The summed E-state index contributed by atoms with van der Waals surface area (Å²) in [5.74, 6) is 2.58. The summed E-state index contributed by atoms with van der Waals surface area (Å²) < 4.78 is 6.29. The Kier molecular flexibility index (Phi) is 2.87. The number of rotatable bonds is 2. The second-order valence-electron chi connectivity index (χ2n) is 8.03. The average Bonchev–Trinajstić information content (AvgIpc) is 3.21. The first kappa shape index (κ1) is 14.0. The number of hydrogen-bond acceptors (Lipinski definition) is 5. The van der Waals surface area contributed by atoms with Crippen LogP contribution in [0.15, 0.2) is 6.33 Å². The van der Waals surface area contributed by atoms with E-state index in [1.165, 1.54) is 72.0 Å². The molecule has 2 aromatic heterocycles. The van der Waals surface area contributed by atoms with Gasteiger partial charge < -0.3 is 10.1 Å². The van der Waals surface area contributed by atoms with Crippen molar-refractivity contribution in [3.8, 4) is 0 Å². The molecule has 24 heavy (non-hydrogen) atoms. The number of hydrogen-bond donors (Lipinski definition) is 1. The number of aromatic nitrogens is 2. The normalized spacial score (nSPS) is 36.9. The molecule has 2 aromatic rings. The highest BCUT2D eigenvalue weighted by Crippen LogP contribution is 2.59. The summed E-state index contributed by atoms with van der Waals surface area (Å²) >= 11 is 1.88. The zero-order valence-corrected chi connectivity index (χ0v) is 14.7. The minimum atomic E-state index is 0.207. The molecular weight excluding hydrogens is 318 g/mol. The monoisotopic (exact) mass is 341 g/mol. The van der Waals surface area contributed by atoms with Crippen molar-refractivity contribution in [2.75, 3.05) is 11.9 Å². The standard InChI is InChI=1S/C19H23N3OS/c1-3-12-15(5-1)24-18-16(12)17(20-10-21-18)22-14-4-2-7-19-11(6-8-23-19)9-13(14)19/h10-11,13-14H,1-9H2,(H,20,21,22). The third-order valence-electron chi connectivity index (χ3n) is 7.09. The second-order valence-corrected chi connectivity index (χ2v) is 9.12. The van der Waals surface area contributed by atoms with Crippen molar-refractivity contribution in [3.05, 3.63) is 16.8 Å². The lowest BCUT2D eigenvalue weighted by Crippen LogP contribution is -2.61. The van der Waals surface area contributed by atoms with Crippen LogP contribution in [-0.2, 0) is 17.6 Å². The molecule has 3 fully saturated rings. The van der Waals surface area contributed by atoms with Gasteiger partial charge in [0.15, 0.2) is 0 Å². The molecule has 5 heteroatoms. The van der Waals surface area contributed by atoms with Gasteiger partial charge in [-0.1, -0.05) is 0 Å². The van der Waals surface area contributed by atoms with Gasteiger partial charge in [-0.3, -0.25) is 0 Å². The van der Waals surface area contributed by atoms with Crippen molar-refractivity contribution in [1.29, 1.82) is 0 Å². The first-order valence-electron chi connectivity index (χ1n) is 9.51. The fourth-order valence-corrected chi connectivity index (χ4v) is 7.21. The summed E-state index contributed by atoms with van der Waals surface area (Å²) in [6.45, 7) is 0.976. The Bertz CT molecular complexity index is 818. The van der Waals surface area contributed by atoms with Gasteiger partial charge in [-0.2, -0.15) is 0 Å². The third-order valence-corrected chi connectivity index (χ3v) is 8.29. The number of ether oxygens (including phenoxy) is 1. The molecule has 2 saturated carbocycles. The quantitative estimate of drug-likeness (QED) is 0.899. The molecule has 3 aliphatic carbocycles. The van der Waals surface area contributed by atoms with Crippen LogP contribution in [0.4, 0.5) is 5.82 Å². The van der Waals surface area contributed by atoms with Crippen LogP contribution in [0.3, 0.4) is 0 Å². The molecule has 0 bridgehead atoms. The van der Waals surface area contributed by atoms with Gasteiger partial charge in [0.2, 0.25) is 0 Å². The van der Waals surface area contributed by atoms with Gasteiger partial charge in [-0.25, -0.2) is 9.97 Å². The first-order valence-corrected chi connectivity index (χ1v) is 10.3. The minimum Gasteiger partial charge on any atom is -0.374 e. The molecule has 0 amide bonds. The predicted molar refractivity (Wildman–Crippen MR) is 95.6 cm³/mol. The molecule has 1 aliphatic heterocycles. The fraction of sp³-hybridized carbons (Fsp3) is 0.684. The topological polar surface area (TPSA) is 47.0 Å². The van der Waals surface area contributed by atoms with Crippen LogP contribution in [0.5, 0.6) is 0 Å². The number of nitrogens with zero attached hydrogens (tertiary/aromatic N) is 2. The van der Waals surface area contributed by atoms with E-state index < -0.39 is 0 Å². The van der Waals surface area contributed by atoms with Crippen LogP contribution in [-0.4, -0.2) is 28.2 Å². The predicted octanol–water partition coefficient (Wildman–Crippen LogP) is 3.94. The summed E-state index contributed by atoms with van der Waals surface area (Å²) in [5.41, 5.74) is 1.73. The van der Waals surface area contributed by atoms with Crippen LogP contribution in [0, 0.1) is 11.8 Å². The molecule has 1 N–H and O–H groups in total. The van der Waals surface area contributed by atoms with Crippen molar-refractivity contribution in [1.82, 2.24) is 9.97 Å². The molecule has 4 nitrogen and oxygen atoms in total. The van der Waals surface area contributed by atoms with Crippen molar-refractivity contribution in [3.63, 3.8) is 0 Å². The lowest BCUT2D eigenvalue weighted by Gasteiger charge is -2.57. The zero-order valence-electron chi connectivity index (χ0n) is 13.9. The van der Waals surface area contributed by atoms with Crippen molar-refractivity contribution < 1.29 is 4.74 Å². The van der Waals surface area contributed by atoms with E-state index in [1.807, 2.05) is 11.3 Å². The maximum absolute atomic E-state index is 6.29. The van der Waals surface area contributed by atoms with E-state index in [2.05, 4.69) is 15.3 Å². The van der Waals surface area contributed by atoms with Crippen molar-refractivity contribution in [2.45, 2.75) is 63.0 Å². The molecule has 1 saturated heterocycles. The number of thiophene rings is 1. The lowest BCUT2D eigenvalue weighted by molar-refractivity contribution is -0.160. The van der Waals surface area contributed by atoms with Gasteiger partial charge in [-0.15, -0.1) is 11.3 Å². The fourth-order valence-electron chi connectivity index (χ4n) is 5.98. The summed E-state index contributed by atoms with van der Waals surface area (Å²) in [4.78, 5) is 11.9. The summed E-state index contributed by atoms with van der Waals surface area (Å²) in [6, 6.07) is 0.517. The summed E-state index contributed by atoms with van der Waals surface area (Å²) in [5, 5.41) is 5.17. The molecule has 6 rings (SSSR count). The molecule has 4 unspecified atom stereocenters. The third kappa shape index (κ3) is 1.72. The van der Waals surface area contributed by atoms with Gasteiger partial charge in [-0.05, 0) is 62.8 Å². The number of fused-ring (bicyclic) bond motifs is 3. The van der Waals surface area contributed by atoms with E-state index in [9.17, 15) is 0 Å². The largest absolute Gasteiger partial charge is 0.374 e. The number of anilines is 1. The highest BCUT2D eigenvalue weighted by atomic mass is 32.1. The van der Waals surface area contributed by atoms with Crippen LogP contribution in [0.1, 0.15) is 49.0 Å². The Hall–Kier alpha value is -1.20. The molecule has 4 atom stereocenters. The molecule has 4 aliphatic rings. The Morgan fingerprint density at radius 2 is 2.21 bits per heavy atom. The maximum Gasteiger partial charge on any atom is 0.138 e. The lowest BCUT2D eigenvalue weighted by atomic mass is 9.53. The Balaban J connectivity index is 1.36. The Morgan fingerprint density at radius 3 is 3.17 bits per heavy atom. The number of aryl methyl sites for hydroxylation is 2. The van der Waals surface area contributed by atoms with Crippen LogP contribution >= 0.6 is 11.3 Å². The van der Waals surface area contributed by atoms with E-state index in [0.29, 0.717) is 12.0 Å². The highest BCUT2D eigenvalue weighted by Gasteiger charge is 2.62. The van der Waals surface area contributed by atoms with Crippen LogP contribution in [0.2, 0.25) is 0 Å². The molecule has 3 heterocycles. The molecule has 126 valence electrons. The van der Waals surface area contributed by atoms with Gasteiger partial charge in [0.05, 0.1) is 11.0 Å².